The van der Waals surface area contributed by atoms with Crippen molar-refractivity contribution >= 4 is 16.0 Å². The topological polar surface area (TPSA) is 102 Å². The maximum atomic E-state index is 14.5. The van der Waals surface area contributed by atoms with Gasteiger partial charge in [0.05, 0.1) is 4.90 Å². The monoisotopic (exact) mass is 445 g/mol. The first-order chi connectivity index (χ1) is 14.1. The van der Waals surface area contributed by atoms with E-state index in [0.29, 0.717) is 12.1 Å². The molecule has 162 valence electrons. The minimum Gasteiger partial charge on any atom is -0.451 e. The first kappa shape index (κ1) is 22.0. The molecular formula is C18H18F3N3O5S. The van der Waals surface area contributed by atoms with Gasteiger partial charge in [-0.2, -0.15) is 10.2 Å². The van der Waals surface area contributed by atoms with Crippen molar-refractivity contribution in [2.45, 2.75) is 10.9 Å². The van der Waals surface area contributed by atoms with Crippen LogP contribution < -0.4 is 10.6 Å². The van der Waals surface area contributed by atoms with Crippen LogP contribution in [0.1, 0.15) is 0 Å². The summed E-state index contributed by atoms with van der Waals surface area (Å²) < 4.78 is 73.8. The number of piperazine rings is 1. The first-order valence-electron chi connectivity index (χ1n) is 8.67. The summed E-state index contributed by atoms with van der Waals surface area (Å²) in [6.07, 6.45) is 0. The second-order valence-corrected chi connectivity index (χ2v) is 8.49. The molecule has 1 fully saturated rings. The fourth-order valence-electron chi connectivity index (χ4n) is 3.00. The predicted octanol–water partition coefficient (Wildman–Crippen LogP) is 1.62. The zero-order chi connectivity index (χ0) is 22.1. The van der Waals surface area contributed by atoms with Crippen LogP contribution in [0.15, 0.2) is 41.3 Å². The molecule has 0 bridgehead atoms. The lowest BCUT2D eigenvalue weighted by atomic mass is 10.2. The second-order valence-electron chi connectivity index (χ2n) is 6.60. The van der Waals surface area contributed by atoms with Gasteiger partial charge in [0.15, 0.2) is 17.4 Å². The molecule has 3 rings (SSSR count). The van der Waals surface area contributed by atoms with E-state index in [1.165, 1.54) is 0 Å². The molecule has 0 aliphatic carbocycles. The molecule has 2 N–H and O–H groups in total. The number of carbonyl (C=O) groups excluding carboxylic acids is 1. The number of likely N-dealkylation sites (N-methyl/N-ethyl adjacent to an activating group) is 1. The highest BCUT2D eigenvalue weighted by Gasteiger charge is 2.41. The van der Waals surface area contributed by atoms with Crippen molar-refractivity contribution in [3.05, 3.63) is 53.8 Å². The van der Waals surface area contributed by atoms with Crippen LogP contribution in [0.4, 0.5) is 13.2 Å². The minimum atomic E-state index is -4.46. The number of halogens is 3. The summed E-state index contributed by atoms with van der Waals surface area (Å²) in [4.78, 5) is 17.1. The summed E-state index contributed by atoms with van der Waals surface area (Å²) >= 11 is 0. The summed E-state index contributed by atoms with van der Waals surface area (Å²) in [6.45, 7) is 0.159. The van der Waals surface area contributed by atoms with Crippen molar-refractivity contribution in [1.29, 1.82) is 0 Å². The molecule has 2 aromatic rings. The third-order valence-electron chi connectivity index (χ3n) is 4.53. The number of carbonyl (C=O) groups is 1. The fourth-order valence-corrected chi connectivity index (χ4v) is 4.59. The van der Waals surface area contributed by atoms with Gasteiger partial charge >= 0.3 is 5.97 Å². The van der Waals surface area contributed by atoms with Gasteiger partial charge in [0.1, 0.15) is 17.6 Å². The zero-order valence-electron chi connectivity index (χ0n) is 15.7. The van der Waals surface area contributed by atoms with Crippen molar-refractivity contribution in [2.75, 3.05) is 26.7 Å². The van der Waals surface area contributed by atoms with Crippen molar-refractivity contribution in [3.63, 3.8) is 0 Å². The van der Waals surface area contributed by atoms with Gasteiger partial charge in [0.2, 0.25) is 10.0 Å². The number of hydrogen-bond acceptors (Lipinski definition) is 7. The Morgan fingerprint density at radius 2 is 1.70 bits per heavy atom. The largest absolute Gasteiger partial charge is 0.451 e. The van der Waals surface area contributed by atoms with E-state index in [0.717, 1.165) is 28.6 Å². The zero-order valence-corrected chi connectivity index (χ0v) is 16.5. The Hall–Kier alpha value is -2.67. The first-order valence-corrected chi connectivity index (χ1v) is 10.1. The van der Waals surface area contributed by atoms with E-state index in [1.54, 1.807) is 11.9 Å². The van der Waals surface area contributed by atoms with Crippen molar-refractivity contribution in [2.24, 2.45) is 5.90 Å². The summed E-state index contributed by atoms with van der Waals surface area (Å²) in [5, 5.41) is 0. The Labute approximate surface area is 170 Å². The number of nitrogens with zero attached hydrogens (tertiary/aromatic N) is 2. The summed E-state index contributed by atoms with van der Waals surface area (Å²) in [5.41, 5.74) is 0. The SMILES string of the molecule is CN1CCN(S(=O)(=O)c2cc(F)c(Oc3ccc(F)cc3)c(F)c2)[C@@H](C(=O)ON)C1. The van der Waals surface area contributed by atoms with Crippen LogP contribution in [0.3, 0.4) is 0 Å². The number of benzene rings is 2. The van der Waals surface area contributed by atoms with E-state index in [1.807, 2.05) is 0 Å². The van der Waals surface area contributed by atoms with E-state index >= 15 is 0 Å². The lowest BCUT2D eigenvalue weighted by Gasteiger charge is -2.37. The van der Waals surface area contributed by atoms with Gasteiger partial charge in [-0.1, -0.05) is 0 Å². The summed E-state index contributed by atoms with van der Waals surface area (Å²) in [7, 11) is -2.80. The fraction of sp³-hybridized carbons (Fsp3) is 0.278. The second kappa shape index (κ2) is 8.60. The highest BCUT2D eigenvalue weighted by Crippen LogP contribution is 2.32. The van der Waals surface area contributed by atoms with Crippen molar-refractivity contribution < 1.29 is 36.0 Å². The molecule has 1 aliphatic rings. The normalized spacial score (nSPS) is 18.2. The molecule has 1 aliphatic heterocycles. The van der Waals surface area contributed by atoms with Gasteiger partial charge in [-0.3, -0.25) is 0 Å². The number of nitrogens with two attached hydrogens (primary N) is 1. The Morgan fingerprint density at radius 3 is 2.27 bits per heavy atom. The molecule has 1 atom stereocenters. The number of sulfonamides is 1. The van der Waals surface area contributed by atoms with Crippen LogP contribution in [0.25, 0.3) is 0 Å². The maximum absolute atomic E-state index is 14.5. The van der Waals surface area contributed by atoms with E-state index in [9.17, 15) is 26.4 Å². The molecule has 0 spiro atoms. The molecule has 2 aromatic carbocycles. The van der Waals surface area contributed by atoms with Crippen LogP contribution in [0.5, 0.6) is 11.5 Å². The van der Waals surface area contributed by atoms with E-state index in [2.05, 4.69) is 4.84 Å². The minimum absolute atomic E-state index is 0.00795. The Bertz CT molecular complexity index is 1030. The lowest BCUT2D eigenvalue weighted by molar-refractivity contribution is -0.150. The van der Waals surface area contributed by atoms with E-state index in [-0.39, 0.29) is 25.4 Å². The molecule has 12 heteroatoms. The quantitative estimate of drug-likeness (QED) is 0.698. The van der Waals surface area contributed by atoms with Gasteiger partial charge in [-0.15, -0.1) is 0 Å². The number of ether oxygens (including phenoxy) is 1. The lowest BCUT2D eigenvalue weighted by Crippen LogP contribution is -2.57. The van der Waals surface area contributed by atoms with Gasteiger partial charge in [-0.05, 0) is 43.4 Å². The van der Waals surface area contributed by atoms with Crippen LogP contribution in [-0.2, 0) is 19.7 Å². The number of rotatable bonds is 5. The molecule has 0 amide bonds. The third-order valence-corrected chi connectivity index (χ3v) is 6.42. The van der Waals surface area contributed by atoms with Gasteiger partial charge in [0, 0.05) is 19.6 Å². The van der Waals surface area contributed by atoms with Crippen LogP contribution >= 0.6 is 0 Å². The van der Waals surface area contributed by atoms with Gasteiger partial charge < -0.3 is 14.5 Å². The Kier molecular flexibility index (Phi) is 6.31. The molecule has 0 unspecified atom stereocenters. The molecule has 8 nitrogen and oxygen atoms in total. The maximum Gasteiger partial charge on any atom is 0.344 e. The Morgan fingerprint density at radius 1 is 1.10 bits per heavy atom. The van der Waals surface area contributed by atoms with Crippen LogP contribution in [0, 0.1) is 17.5 Å². The molecule has 0 saturated carbocycles. The smallest absolute Gasteiger partial charge is 0.344 e. The highest BCUT2D eigenvalue weighted by atomic mass is 32.2. The van der Waals surface area contributed by atoms with Crippen LogP contribution in [0.2, 0.25) is 0 Å². The van der Waals surface area contributed by atoms with Crippen molar-refractivity contribution in [1.82, 2.24) is 9.21 Å². The average Bonchev–Trinajstić information content (AvgIpc) is 2.71. The Balaban J connectivity index is 1.94. The predicted molar refractivity (Wildman–Crippen MR) is 98.3 cm³/mol. The molecule has 1 heterocycles. The molecule has 1 saturated heterocycles. The van der Waals surface area contributed by atoms with Crippen LogP contribution in [-0.4, -0.2) is 56.3 Å². The van der Waals surface area contributed by atoms with E-state index < -0.39 is 50.1 Å². The highest BCUT2D eigenvalue weighted by molar-refractivity contribution is 7.89. The average molecular weight is 445 g/mol. The van der Waals surface area contributed by atoms with E-state index in [4.69, 9.17) is 10.6 Å². The van der Waals surface area contributed by atoms with Gasteiger partial charge in [0.25, 0.3) is 0 Å². The molecule has 30 heavy (non-hydrogen) atoms. The molecule has 0 radical (unpaired) electrons. The van der Waals surface area contributed by atoms with Gasteiger partial charge in [-0.25, -0.2) is 26.4 Å². The standard InChI is InChI=1S/C18H18F3N3O5S/c1-23-6-7-24(16(10-23)18(25)29-22)30(26,27)13-8-14(20)17(15(21)9-13)28-12-4-2-11(19)3-5-12/h2-5,8-9,16H,6-7,10,22H2,1H3/t16-/m1/s1. The summed E-state index contributed by atoms with van der Waals surface area (Å²) in [5.74, 6) is -0.142. The summed E-state index contributed by atoms with van der Waals surface area (Å²) in [6, 6.07) is 4.28. The molecule has 0 aromatic heterocycles. The molecular weight excluding hydrogens is 427 g/mol. The van der Waals surface area contributed by atoms with Crippen molar-refractivity contribution in [3.8, 4) is 11.5 Å². The number of hydrogen-bond donors (Lipinski definition) is 1. The third kappa shape index (κ3) is 4.41.